The van der Waals surface area contributed by atoms with Gasteiger partial charge < -0.3 is 10.1 Å². The lowest BCUT2D eigenvalue weighted by atomic mass is 10.2. The lowest BCUT2D eigenvalue weighted by Gasteiger charge is -2.14. The van der Waals surface area contributed by atoms with Gasteiger partial charge >= 0.3 is 6.36 Å². The number of anilines is 1. The van der Waals surface area contributed by atoms with E-state index in [1.807, 2.05) is 0 Å². The van der Waals surface area contributed by atoms with E-state index in [0.29, 0.717) is 5.69 Å². The van der Waals surface area contributed by atoms with Crippen LogP contribution in [0.4, 0.5) is 18.9 Å². The Kier molecular flexibility index (Phi) is 5.88. The predicted octanol–water partition coefficient (Wildman–Crippen LogP) is 3.02. The van der Waals surface area contributed by atoms with Crippen LogP contribution in [0.15, 0.2) is 53.4 Å². The number of hydrogen-bond acceptors (Lipinski definition) is 4. The van der Waals surface area contributed by atoms with Crippen LogP contribution in [0.25, 0.3) is 0 Å². The van der Waals surface area contributed by atoms with Crippen molar-refractivity contribution < 1.29 is 31.1 Å². The van der Waals surface area contributed by atoms with Crippen LogP contribution in [0.2, 0.25) is 0 Å². The minimum Gasteiger partial charge on any atom is -0.405 e. The molecule has 2 aromatic carbocycles. The van der Waals surface area contributed by atoms with Crippen molar-refractivity contribution in [3.05, 3.63) is 54.1 Å². The maximum absolute atomic E-state index is 12.4. The number of sulfonamides is 1. The van der Waals surface area contributed by atoms with E-state index < -0.39 is 22.1 Å². The third kappa shape index (κ3) is 5.74. The number of para-hydroxylation sites is 1. The standard InChI is InChI=1S/C16H15F3N2O4S/c1-11(22)21-13-6-8-14(9-7-13)26(23,24)20-10-12-4-2-3-5-15(12)25-16(17,18)19/h2-9,20H,10H2,1H3,(H,21,22). The van der Waals surface area contributed by atoms with Crippen molar-refractivity contribution in [3.63, 3.8) is 0 Å². The summed E-state index contributed by atoms with van der Waals surface area (Å²) in [5, 5.41) is 2.49. The molecule has 0 radical (unpaired) electrons. The molecule has 0 saturated carbocycles. The van der Waals surface area contributed by atoms with Gasteiger partial charge in [-0.3, -0.25) is 4.79 Å². The fourth-order valence-electron chi connectivity index (χ4n) is 2.05. The molecule has 0 unspecified atom stereocenters. The quantitative estimate of drug-likeness (QED) is 0.797. The van der Waals surface area contributed by atoms with Crippen molar-refractivity contribution in [1.29, 1.82) is 0 Å². The third-order valence-electron chi connectivity index (χ3n) is 3.14. The van der Waals surface area contributed by atoms with Gasteiger partial charge in [-0.15, -0.1) is 13.2 Å². The van der Waals surface area contributed by atoms with E-state index in [1.54, 1.807) is 0 Å². The second-order valence-electron chi connectivity index (χ2n) is 5.19. The van der Waals surface area contributed by atoms with Crippen molar-refractivity contribution in [2.24, 2.45) is 0 Å². The first-order chi connectivity index (χ1) is 12.1. The van der Waals surface area contributed by atoms with Gasteiger partial charge in [0.05, 0.1) is 4.90 Å². The molecule has 0 aromatic heterocycles. The summed E-state index contributed by atoms with van der Waals surface area (Å²) in [6.07, 6.45) is -4.88. The third-order valence-corrected chi connectivity index (χ3v) is 4.55. The van der Waals surface area contributed by atoms with Crippen LogP contribution < -0.4 is 14.8 Å². The minimum atomic E-state index is -4.88. The lowest BCUT2D eigenvalue weighted by molar-refractivity contribution is -0.274. The van der Waals surface area contributed by atoms with E-state index in [-0.39, 0.29) is 22.9 Å². The monoisotopic (exact) mass is 388 g/mol. The summed E-state index contributed by atoms with van der Waals surface area (Å²) in [6, 6.07) is 10.6. The molecule has 2 N–H and O–H groups in total. The molecule has 10 heteroatoms. The molecule has 0 bridgehead atoms. The summed E-state index contributed by atoms with van der Waals surface area (Å²) in [4.78, 5) is 10.9. The normalized spacial score (nSPS) is 11.8. The number of carbonyl (C=O) groups is 1. The molecule has 0 aliphatic rings. The Bertz CT molecular complexity index is 881. The first-order valence-corrected chi connectivity index (χ1v) is 8.76. The number of nitrogens with one attached hydrogen (secondary N) is 2. The van der Waals surface area contributed by atoms with Gasteiger partial charge in [0, 0.05) is 24.7 Å². The molecule has 6 nitrogen and oxygen atoms in total. The molecule has 0 aliphatic heterocycles. The smallest absolute Gasteiger partial charge is 0.405 e. The van der Waals surface area contributed by atoms with Gasteiger partial charge in [0.1, 0.15) is 5.75 Å². The Morgan fingerprint density at radius 1 is 1.08 bits per heavy atom. The zero-order valence-corrected chi connectivity index (χ0v) is 14.3. The summed E-state index contributed by atoms with van der Waals surface area (Å²) < 4.78 is 67.8. The summed E-state index contributed by atoms with van der Waals surface area (Å²) >= 11 is 0. The summed E-state index contributed by atoms with van der Waals surface area (Å²) in [5.74, 6) is -0.788. The van der Waals surface area contributed by atoms with Crippen molar-refractivity contribution in [2.45, 2.75) is 24.7 Å². The Morgan fingerprint density at radius 3 is 2.27 bits per heavy atom. The number of carbonyl (C=O) groups excluding carboxylic acids is 1. The minimum absolute atomic E-state index is 0.0308. The fraction of sp³-hybridized carbons (Fsp3) is 0.188. The Balaban J connectivity index is 2.12. The number of amides is 1. The highest BCUT2D eigenvalue weighted by Gasteiger charge is 2.32. The highest BCUT2D eigenvalue weighted by molar-refractivity contribution is 7.89. The highest BCUT2D eigenvalue weighted by atomic mass is 32.2. The summed E-state index contributed by atoms with van der Waals surface area (Å²) in [7, 11) is -3.96. The van der Waals surface area contributed by atoms with Gasteiger partial charge in [-0.2, -0.15) is 0 Å². The molecule has 0 heterocycles. The topological polar surface area (TPSA) is 84.5 Å². The zero-order valence-electron chi connectivity index (χ0n) is 13.5. The fourth-order valence-corrected chi connectivity index (χ4v) is 3.06. The van der Waals surface area contributed by atoms with Gasteiger partial charge in [-0.1, -0.05) is 18.2 Å². The van der Waals surface area contributed by atoms with Gasteiger partial charge in [-0.05, 0) is 30.3 Å². The molecule has 0 fully saturated rings. The van der Waals surface area contributed by atoms with Crippen LogP contribution >= 0.6 is 0 Å². The van der Waals surface area contributed by atoms with Crippen LogP contribution in [-0.4, -0.2) is 20.7 Å². The van der Waals surface area contributed by atoms with Gasteiger partial charge in [-0.25, -0.2) is 13.1 Å². The molecule has 26 heavy (non-hydrogen) atoms. The second-order valence-corrected chi connectivity index (χ2v) is 6.95. The van der Waals surface area contributed by atoms with Crippen molar-refractivity contribution in [3.8, 4) is 5.75 Å². The molecule has 2 rings (SSSR count). The molecule has 1 amide bonds. The number of hydrogen-bond donors (Lipinski definition) is 2. The Labute approximate surface area is 148 Å². The van der Waals surface area contributed by atoms with Crippen molar-refractivity contribution in [1.82, 2.24) is 4.72 Å². The average molecular weight is 388 g/mol. The van der Waals surface area contributed by atoms with Gasteiger partial charge in [0.25, 0.3) is 0 Å². The van der Waals surface area contributed by atoms with Crippen molar-refractivity contribution >= 4 is 21.6 Å². The van der Waals surface area contributed by atoms with Gasteiger partial charge in [0.15, 0.2) is 0 Å². The second kappa shape index (κ2) is 7.75. The molecular weight excluding hydrogens is 373 g/mol. The van der Waals surface area contributed by atoms with Crippen LogP contribution in [0.1, 0.15) is 12.5 Å². The molecular formula is C16H15F3N2O4S. The summed E-state index contributed by atoms with van der Waals surface area (Å²) in [6.45, 7) is 0.925. The summed E-state index contributed by atoms with van der Waals surface area (Å²) in [5.41, 5.74) is 0.448. The Morgan fingerprint density at radius 2 is 1.69 bits per heavy atom. The first-order valence-electron chi connectivity index (χ1n) is 7.28. The van der Waals surface area contributed by atoms with Crippen LogP contribution in [0.5, 0.6) is 5.75 Å². The number of rotatable bonds is 6. The number of benzene rings is 2. The number of alkyl halides is 3. The molecule has 0 spiro atoms. The highest BCUT2D eigenvalue weighted by Crippen LogP contribution is 2.26. The van der Waals surface area contributed by atoms with E-state index >= 15 is 0 Å². The molecule has 0 atom stereocenters. The SMILES string of the molecule is CC(=O)Nc1ccc(S(=O)(=O)NCc2ccccc2OC(F)(F)F)cc1. The zero-order chi connectivity index (χ0) is 19.4. The molecule has 140 valence electrons. The molecule has 0 aliphatic carbocycles. The number of halogens is 3. The lowest BCUT2D eigenvalue weighted by Crippen LogP contribution is -2.24. The number of ether oxygens (including phenoxy) is 1. The van der Waals surface area contributed by atoms with Crippen molar-refractivity contribution in [2.75, 3.05) is 5.32 Å². The van der Waals surface area contributed by atoms with E-state index in [4.69, 9.17) is 0 Å². The first kappa shape index (κ1) is 19.7. The average Bonchev–Trinajstić information content (AvgIpc) is 2.52. The van der Waals surface area contributed by atoms with Crippen LogP contribution in [0.3, 0.4) is 0 Å². The molecule has 2 aromatic rings. The predicted molar refractivity (Wildman–Crippen MR) is 87.9 cm³/mol. The Hall–Kier alpha value is -2.59. The van der Waals surface area contributed by atoms with E-state index in [9.17, 15) is 26.4 Å². The van der Waals surface area contributed by atoms with E-state index in [0.717, 1.165) is 6.07 Å². The van der Waals surface area contributed by atoms with Crippen LogP contribution in [0, 0.1) is 0 Å². The van der Waals surface area contributed by atoms with E-state index in [2.05, 4.69) is 14.8 Å². The maximum atomic E-state index is 12.4. The maximum Gasteiger partial charge on any atom is 0.573 e. The molecule has 0 saturated heterocycles. The van der Waals surface area contributed by atoms with Gasteiger partial charge in [0.2, 0.25) is 15.9 Å². The van der Waals surface area contributed by atoms with E-state index in [1.165, 1.54) is 49.4 Å². The van der Waals surface area contributed by atoms with Crippen LogP contribution in [-0.2, 0) is 21.4 Å². The largest absolute Gasteiger partial charge is 0.573 e.